The average molecular weight is 951 g/mol. The van der Waals surface area contributed by atoms with E-state index >= 15 is 0 Å². The van der Waals surface area contributed by atoms with Gasteiger partial charge in [0.25, 0.3) is 11.8 Å². The second-order valence-corrected chi connectivity index (χ2v) is 15.7. The maximum Gasteiger partial charge on any atom is 0.251 e. The molecule has 6 aromatic rings. The first kappa shape index (κ1) is 49.0. The van der Waals surface area contributed by atoms with Crippen molar-refractivity contribution in [2.45, 2.75) is 25.9 Å². The molecule has 0 bridgehead atoms. The fraction of sp³-hybridized carbons (Fsp3) is 0.348. The molecule has 2 fully saturated rings. The van der Waals surface area contributed by atoms with Crippen LogP contribution in [0.1, 0.15) is 57.8 Å². The Bertz CT molecular complexity index is 2550. The third-order valence-electron chi connectivity index (χ3n) is 11.0. The van der Waals surface area contributed by atoms with Gasteiger partial charge in [-0.15, -0.1) is 0 Å². The van der Waals surface area contributed by atoms with Crippen LogP contribution in [0.25, 0.3) is 22.1 Å². The van der Waals surface area contributed by atoms with Crippen LogP contribution in [-0.2, 0) is 9.47 Å². The highest BCUT2D eigenvalue weighted by Crippen LogP contribution is 2.32. The van der Waals surface area contributed by atoms with Crippen LogP contribution in [0.15, 0.2) is 60.9 Å². The molecule has 2 aliphatic heterocycles. The molecule has 0 saturated carbocycles. The minimum atomic E-state index is -1.55. The van der Waals surface area contributed by atoms with Crippen LogP contribution in [0, 0.1) is 34.9 Å². The van der Waals surface area contributed by atoms with Gasteiger partial charge >= 0.3 is 0 Å². The number of hydrogen-bond donors (Lipinski definition) is 6. The molecule has 22 heteroatoms. The number of carbonyl (C=O) groups is 2. The Balaban J connectivity index is 0.000000201. The van der Waals surface area contributed by atoms with Crippen LogP contribution in [0.2, 0.25) is 0 Å². The van der Waals surface area contributed by atoms with E-state index in [1.54, 1.807) is 50.5 Å². The molecule has 2 atom stereocenters. The Morgan fingerprint density at radius 3 is 1.28 bits per heavy atom. The number of ether oxygens (including phenoxy) is 2. The predicted molar refractivity (Wildman–Crippen MR) is 241 cm³/mol. The van der Waals surface area contributed by atoms with Crippen molar-refractivity contribution in [1.82, 2.24) is 30.6 Å². The van der Waals surface area contributed by atoms with Crippen molar-refractivity contribution in [3.8, 4) is 0 Å². The van der Waals surface area contributed by atoms with Gasteiger partial charge in [0.2, 0.25) is 0 Å². The van der Waals surface area contributed by atoms with Gasteiger partial charge in [-0.05, 0) is 38.1 Å². The topological polar surface area (TPSA) is 199 Å². The molecule has 6 N–H and O–H groups in total. The lowest BCUT2D eigenvalue weighted by Crippen LogP contribution is -2.36. The van der Waals surface area contributed by atoms with Gasteiger partial charge in [-0.1, -0.05) is 0 Å². The molecule has 4 aromatic carbocycles. The molecule has 0 radical (unpaired) electrons. The molecular formula is C46H48F6N10O6. The van der Waals surface area contributed by atoms with Crippen molar-refractivity contribution in [3.05, 3.63) is 118 Å². The second kappa shape index (κ2) is 22.3. The Labute approximate surface area is 385 Å². The van der Waals surface area contributed by atoms with Gasteiger partial charge in [-0.3, -0.25) is 19.6 Å². The third kappa shape index (κ3) is 11.6. The Morgan fingerprint density at radius 1 is 0.588 bits per heavy atom. The molecule has 2 unspecified atom stereocenters. The third-order valence-corrected chi connectivity index (χ3v) is 11.0. The smallest absolute Gasteiger partial charge is 0.251 e. The summed E-state index contributed by atoms with van der Waals surface area (Å²) >= 11 is 0. The molecule has 16 nitrogen and oxygen atoms in total. The summed E-state index contributed by atoms with van der Waals surface area (Å²) in [4.78, 5) is 47.7. The van der Waals surface area contributed by atoms with Crippen molar-refractivity contribution >= 4 is 56.9 Å². The molecule has 2 amide bonds. The molecule has 360 valence electrons. The minimum Gasteiger partial charge on any atom is -0.395 e. The van der Waals surface area contributed by atoms with E-state index in [0.29, 0.717) is 97.4 Å². The lowest BCUT2D eigenvalue weighted by atomic mass is 10.0. The number of carbonyl (C=O) groups excluding carboxylic acids is 2. The highest BCUT2D eigenvalue weighted by Gasteiger charge is 2.23. The molecule has 68 heavy (non-hydrogen) atoms. The van der Waals surface area contributed by atoms with Crippen LogP contribution in [-0.4, -0.2) is 121 Å². The van der Waals surface area contributed by atoms with E-state index in [4.69, 9.17) is 29.7 Å². The summed E-state index contributed by atoms with van der Waals surface area (Å²) in [5, 5.41) is 29.1. The van der Waals surface area contributed by atoms with Gasteiger partial charge in [-0.25, -0.2) is 36.3 Å². The Kier molecular flexibility index (Phi) is 16.1. The zero-order valence-electron chi connectivity index (χ0n) is 36.9. The van der Waals surface area contributed by atoms with Crippen molar-refractivity contribution in [2.24, 2.45) is 0 Å². The maximum atomic E-state index is 13.7. The number of anilines is 4. The first-order valence-corrected chi connectivity index (χ1v) is 21.6. The summed E-state index contributed by atoms with van der Waals surface area (Å²) < 4.78 is 92.4. The molecule has 0 spiro atoms. The van der Waals surface area contributed by atoms with Gasteiger partial charge in [0.1, 0.15) is 11.6 Å². The van der Waals surface area contributed by atoms with E-state index in [1.165, 1.54) is 0 Å². The summed E-state index contributed by atoms with van der Waals surface area (Å²) in [6.07, 6.45) is 3.24. The summed E-state index contributed by atoms with van der Waals surface area (Å²) in [6, 6.07) is 8.69. The number of nitrogens with one attached hydrogen (secondary N) is 4. The van der Waals surface area contributed by atoms with Crippen molar-refractivity contribution in [1.29, 1.82) is 0 Å². The van der Waals surface area contributed by atoms with E-state index in [9.17, 15) is 35.9 Å². The number of halogens is 6. The maximum absolute atomic E-state index is 13.7. The number of aliphatic hydroxyl groups excluding tert-OH is 2. The van der Waals surface area contributed by atoms with Crippen molar-refractivity contribution in [3.63, 3.8) is 0 Å². The fourth-order valence-electron chi connectivity index (χ4n) is 7.55. The normalized spacial score (nSPS) is 14.8. The minimum absolute atomic E-state index is 0.0319. The van der Waals surface area contributed by atoms with Crippen LogP contribution >= 0.6 is 0 Å². The second-order valence-electron chi connectivity index (χ2n) is 15.7. The molecule has 0 aliphatic carbocycles. The highest BCUT2D eigenvalue weighted by molar-refractivity contribution is 5.99. The first-order valence-electron chi connectivity index (χ1n) is 21.6. The van der Waals surface area contributed by atoms with E-state index in [2.05, 4.69) is 31.2 Å². The zero-order valence-corrected chi connectivity index (χ0v) is 36.9. The quantitative estimate of drug-likeness (QED) is 0.0586. The number of nitrogens with zero attached hydrogens (tertiary/aromatic N) is 6. The fourth-order valence-corrected chi connectivity index (χ4v) is 7.55. The number of rotatable bonds is 14. The molecule has 2 aromatic heterocycles. The molecular weight excluding hydrogens is 903 g/mol. The van der Waals surface area contributed by atoms with E-state index < -0.39 is 58.8 Å². The van der Waals surface area contributed by atoms with Gasteiger partial charge in [0, 0.05) is 97.2 Å². The number of aliphatic hydroxyl groups is 2. The number of benzene rings is 4. The molecule has 4 heterocycles. The van der Waals surface area contributed by atoms with Gasteiger partial charge < -0.3 is 50.8 Å². The van der Waals surface area contributed by atoms with Crippen molar-refractivity contribution < 1.29 is 55.6 Å². The van der Waals surface area contributed by atoms with E-state index in [-0.39, 0.29) is 48.8 Å². The number of fused-ring (bicyclic) bond motifs is 2. The summed E-state index contributed by atoms with van der Waals surface area (Å²) in [5.74, 6) is -7.90. The molecule has 8 rings (SSSR count). The van der Waals surface area contributed by atoms with Gasteiger partial charge in [-0.2, -0.15) is 0 Å². The first-order chi connectivity index (χ1) is 32.7. The number of morpholine rings is 2. The number of aromatic nitrogens is 4. The number of hydrogen-bond acceptors (Lipinski definition) is 14. The average Bonchev–Trinajstić information content (AvgIpc) is 3.35. The largest absolute Gasteiger partial charge is 0.395 e. The lowest BCUT2D eigenvalue weighted by Gasteiger charge is -2.28. The van der Waals surface area contributed by atoms with Gasteiger partial charge in [0.05, 0.1) is 86.2 Å². The molecule has 2 aliphatic rings. The zero-order chi connectivity index (χ0) is 48.5. The Morgan fingerprint density at radius 2 is 0.941 bits per heavy atom. The van der Waals surface area contributed by atoms with Crippen LogP contribution in [0.3, 0.4) is 0 Å². The summed E-state index contributed by atoms with van der Waals surface area (Å²) in [6.45, 7) is 8.06. The standard InChI is InChI=1S/2C23H24F3N5O3/c2*1-13(29-15-10-17(24)21(26)18(25)11-15)16-8-14(23(33)27-2-5-32)9-19-22(16)30-20(12-28-19)31-3-6-34-7-4-31/h2*8-13,29,32H,2-7H2,1H3,(H,27,33). The van der Waals surface area contributed by atoms with Crippen LogP contribution < -0.4 is 31.1 Å². The Hall–Kier alpha value is -6.88. The summed E-state index contributed by atoms with van der Waals surface area (Å²) in [7, 11) is 0. The molecule has 2 saturated heterocycles. The van der Waals surface area contributed by atoms with Crippen LogP contribution in [0.4, 0.5) is 49.4 Å². The van der Waals surface area contributed by atoms with Crippen molar-refractivity contribution in [2.75, 3.05) is 99.3 Å². The monoisotopic (exact) mass is 950 g/mol. The van der Waals surface area contributed by atoms with Gasteiger partial charge in [0.15, 0.2) is 34.9 Å². The van der Waals surface area contributed by atoms with E-state index in [1.807, 2.05) is 9.80 Å². The van der Waals surface area contributed by atoms with Crippen LogP contribution in [0.5, 0.6) is 0 Å². The highest BCUT2D eigenvalue weighted by atomic mass is 19.2. The van der Waals surface area contributed by atoms with E-state index in [0.717, 1.165) is 24.3 Å². The lowest BCUT2D eigenvalue weighted by molar-refractivity contribution is 0.0937. The predicted octanol–water partition coefficient (Wildman–Crippen LogP) is 5.56. The number of amides is 2. The SMILES string of the molecule is CC(Nc1cc(F)c(F)c(F)c1)c1cc(C(=O)NCCO)cc2ncc(N3CCOCC3)nc12.CC(Nc1cc(F)c(F)c(F)c1)c1cc(C(=O)NCCO)cc2ncc(N3CCOCC3)nc12. The summed E-state index contributed by atoms with van der Waals surface area (Å²) in [5.41, 5.74) is 3.66.